The second kappa shape index (κ2) is 4.52. The van der Waals surface area contributed by atoms with Crippen LogP contribution in [-0.2, 0) is 6.18 Å². The molecule has 0 aromatic heterocycles. The summed E-state index contributed by atoms with van der Waals surface area (Å²) in [5, 5.41) is 8.72. The Bertz CT molecular complexity index is 440. The van der Waals surface area contributed by atoms with Gasteiger partial charge < -0.3 is 14.6 Å². The predicted molar refractivity (Wildman–Crippen MR) is 51.5 cm³/mol. The first-order valence-corrected chi connectivity index (χ1v) is 4.37. The minimum Gasteiger partial charge on any atom is -0.493 e. The molecule has 1 N–H and O–H groups in total. The van der Waals surface area contributed by atoms with Crippen molar-refractivity contribution in [3.63, 3.8) is 0 Å². The fourth-order valence-electron chi connectivity index (χ4n) is 1.29. The number of hydrogen-bond acceptors (Lipinski definition) is 3. The van der Waals surface area contributed by atoms with Crippen molar-refractivity contribution < 1.29 is 32.5 Å². The fourth-order valence-corrected chi connectivity index (χ4v) is 1.29. The first-order chi connectivity index (χ1) is 7.81. The fraction of sp³-hybridized carbons (Fsp3) is 0.300. The Kier molecular flexibility index (Phi) is 3.50. The maximum Gasteiger partial charge on any atom is 0.417 e. The van der Waals surface area contributed by atoms with Crippen LogP contribution in [0.5, 0.6) is 11.5 Å². The number of methoxy groups -OCH3 is 2. The number of alkyl halides is 3. The molecule has 94 valence electrons. The van der Waals surface area contributed by atoms with Crippen LogP contribution in [0.2, 0.25) is 0 Å². The van der Waals surface area contributed by atoms with Crippen molar-refractivity contribution >= 4 is 5.97 Å². The normalized spacial score (nSPS) is 11.1. The van der Waals surface area contributed by atoms with Crippen molar-refractivity contribution in [2.45, 2.75) is 6.18 Å². The van der Waals surface area contributed by atoms with E-state index in [-0.39, 0.29) is 11.5 Å². The molecule has 0 spiro atoms. The van der Waals surface area contributed by atoms with Gasteiger partial charge in [0.2, 0.25) is 0 Å². The highest BCUT2D eigenvalue weighted by Gasteiger charge is 2.36. The van der Waals surface area contributed by atoms with E-state index >= 15 is 0 Å². The van der Waals surface area contributed by atoms with Gasteiger partial charge in [-0.2, -0.15) is 13.2 Å². The zero-order valence-electron chi connectivity index (χ0n) is 8.96. The van der Waals surface area contributed by atoms with Crippen LogP contribution in [0.25, 0.3) is 0 Å². The molecule has 4 nitrogen and oxygen atoms in total. The van der Waals surface area contributed by atoms with E-state index < -0.39 is 23.3 Å². The van der Waals surface area contributed by atoms with Crippen LogP contribution < -0.4 is 9.47 Å². The maximum absolute atomic E-state index is 12.6. The first kappa shape index (κ1) is 13.1. The van der Waals surface area contributed by atoms with Gasteiger partial charge in [0.25, 0.3) is 0 Å². The predicted octanol–water partition coefficient (Wildman–Crippen LogP) is 2.42. The summed E-state index contributed by atoms with van der Waals surface area (Å²) in [4.78, 5) is 10.7. The molecule has 0 atom stereocenters. The lowest BCUT2D eigenvalue weighted by atomic mass is 10.1. The highest BCUT2D eigenvalue weighted by molar-refractivity contribution is 5.90. The van der Waals surface area contributed by atoms with Crippen LogP contribution in [0, 0.1) is 0 Å². The minimum atomic E-state index is -4.77. The molecule has 0 amide bonds. The highest BCUT2D eigenvalue weighted by atomic mass is 19.4. The molecule has 1 rings (SSSR count). The molecule has 7 heteroatoms. The lowest BCUT2D eigenvalue weighted by Gasteiger charge is -2.14. The molecule has 0 saturated heterocycles. The summed E-state index contributed by atoms with van der Waals surface area (Å²) in [5.74, 6) is -1.93. The van der Waals surface area contributed by atoms with Gasteiger partial charge in [-0.1, -0.05) is 0 Å². The van der Waals surface area contributed by atoms with Crippen LogP contribution in [0.15, 0.2) is 12.1 Å². The molecule has 0 unspecified atom stereocenters. The van der Waals surface area contributed by atoms with Gasteiger partial charge in [0.15, 0.2) is 11.5 Å². The Morgan fingerprint density at radius 3 is 2.00 bits per heavy atom. The third kappa shape index (κ3) is 2.61. The highest BCUT2D eigenvalue weighted by Crippen LogP contribution is 2.38. The van der Waals surface area contributed by atoms with Gasteiger partial charge in [-0.05, 0) is 12.1 Å². The summed E-state index contributed by atoms with van der Waals surface area (Å²) < 4.78 is 47.2. The van der Waals surface area contributed by atoms with Crippen LogP contribution in [0.4, 0.5) is 13.2 Å². The quantitative estimate of drug-likeness (QED) is 0.895. The second-order valence-electron chi connectivity index (χ2n) is 3.06. The molecule has 1 aromatic rings. The summed E-state index contributed by atoms with van der Waals surface area (Å²) in [6, 6.07) is 1.38. The van der Waals surface area contributed by atoms with Gasteiger partial charge in [-0.15, -0.1) is 0 Å². The van der Waals surface area contributed by atoms with E-state index in [0.717, 1.165) is 6.07 Å². The van der Waals surface area contributed by atoms with E-state index in [1.165, 1.54) is 14.2 Å². The summed E-state index contributed by atoms with van der Waals surface area (Å²) in [7, 11) is 2.37. The van der Waals surface area contributed by atoms with Crippen molar-refractivity contribution in [2.75, 3.05) is 14.2 Å². The summed E-state index contributed by atoms with van der Waals surface area (Å²) in [5.41, 5.74) is -2.15. The van der Waals surface area contributed by atoms with Gasteiger partial charge in [-0.25, -0.2) is 4.79 Å². The lowest BCUT2D eigenvalue weighted by Crippen LogP contribution is -2.13. The van der Waals surface area contributed by atoms with E-state index in [1.807, 2.05) is 0 Å². The summed E-state index contributed by atoms with van der Waals surface area (Å²) in [6.07, 6.45) is -4.77. The van der Waals surface area contributed by atoms with Gasteiger partial charge in [0, 0.05) is 0 Å². The first-order valence-electron chi connectivity index (χ1n) is 4.37. The Morgan fingerprint density at radius 1 is 1.18 bits per heavy atom. The molecule has 0 heterocycles. The maximum atomic E-state index is 12.6. The summed E-state index contributed by atoms with van der Waals surface area (Å²) in [6.45, 7) is 0. The standard InChI is InChI=1S/C10H9F3O4/c1-16-7-3-5(9(14)15)6(10(11,12)13)4-8(7)17-2/h3-4H,1-2H3,(H,14,15). The number of hydrogen-bond donors (Lipinski definition) is 1. The lowest BCUT2D eigenvalue weighted by molar-refractivity contribution is -0.138. The zero-order valence-corrected chi connectivity index (χ0v) is 8.96. The number of carbonyl (C=O) groups is 1. The zero-order chi connectivity index (χ0) is 13.2. The topological polar surface area (TPSA) is 55.8 Å². The molecule has 0 bridgehead atoms. The Morgan fingerprint density at radius 2 is 1.65 bits per heavy atom. The van der Waals surface area contributed by atoms with Crippen LogP contribution in [0.3, 0.4) is 0 Å². The Hall–Kier alpha value is -1.92. The Balaban J connectivity index is 3.52. The van der Waals surface area contributed by atoms with Gasteiger partial charge >= 0.3 is 12.1 Å². The smallest absolute Gasteiger partial charge is 0.417 e. The molecule has 0 aliphatic rings. The molecular weight excluding hydrogens is 241 g/mol. The van der Waals surface area contributed by atoms with E-state index in [9.17, 15) is 18.0 Å². The van der Waals surface area contributed by atoms with Gasteiger partial charge in [-0.3, -0.25) is 0 Å². The minimum absolute atomic E-state index is 0.0714. The largest absolute Gasteiger partial charge is 0.493 e. The van der Waals surface area contributed by atoms with Crippen molar-refractivity contribution in [1.29, 1.82) is 0 Å². The van der Waals surface area contributed by atoms with Gasteiger partial charge in [0.1, 0.15) is 0 Å². The molecular formula is C10H9F3O4. The number of benzene rings is 1. The van der Waals surface area contributed by atoms with Crippen LogP contribution in [-0.4, -0.2) is 25.3 Å². The third-order valence-corrected chi connectivity index (χ3v) is 2.06. The average molecular weight is 250 g/mol. The molecule has 0 fully saturated rings. The SMILES string of the molecule is COc1cc(C(=O)O)c(C(F)(F)F)cc1OC. The molecule has 0 saturated carbocycles. The van der Waals surface area contributed by atoms with Crippen molar-refractivity contribution in [3.8, 4) is 11.5 Å². The Labute approximate surface area is 94.6 Å². The number of carboxylic acids is 1. The second-order valence-corrected chi connectivity index (χ2v) is 3.06. The number of halogens is 3. The summed E-state index contributed by atoms with van der Waals surface area (Å²) >= 11 is 0. The van der Waals surface area contributed by atoms with Crippen LogP contribution in [0.1, 0.15) is 15.9 Å². The average Bonchev–Trinajstić information content (AvgIpc) is 2.25. The van der Waals surface area contributed by atoms with E-state index in [2.05, 4.69) is 4.74 Å². The molecule has 17 heavy (non-hydrogen) atoms. The van der Waals surface area contributed by atoms with Crippen LogP contribution >= 0.6 is 0 Å². The van der Waals surface area contributed by atoms with Crippen molar-refractivity contribution in [3.05, 3.63) is 23.3 Å². The van der Waals surface area contributed by atoms with Crippen molar-refractivity contribution in [2.24, 2.45) is 0 Å². The number of carboxylic acid groups (broad SMARTS) is 1. The van der Waals surface area contributed by atoms with E-state index in [0.29, 0.717) is 6.07 Å². The third-order valence-electron chi connectivity index (χ3n) is 2.06. The van der Waals surface area contributed by atoms with E-state index in [4.69, 9.17) is 9.84 Å². The monoisotopic (exact) mass is 250 g/mol. The molecule has 0 aliphatic heterocycles. The number of aromatic carboxylic acids is 1. The number of rotatable bonds is 3. The van der Waals surface area contributed by atoms with Crippen molar-refractivity contribution in [1.82, 2.24) is 0 Å². The molecule has 1 aromatic carbocycles. The number of ether oxygens (including phenoxy) is 2. The van der Waals surface area contributed by atoms with E-state index in [1.54, 1.807) is 0 Å². The molecule has 0 radical (unpaired) electrons. The van der Waals surface area contributed by atoms with Gasteiger partial charge in [0.05, 0.1) is 25.3 Å². The molecule has 0 aliphatic carbocycles.